The molecule has 0 atom stereocenters. The topological polar surface area (TPSA) is 59.6 Å². The van der Waals surface area contributed by atoms with Crippen molar-refractivity contribution in [3.05, 3.63) is 61.5 Å². The van der Waals surface area contributed by atoms with Gasteiger partial charge in [-0.3, -0.25) is 5.43 Å². The lowest BCUT2D eigenvalue weighted by atomic mass is 10.2. The number of hydrazone groups is 1. The summed E-state index contributed by atoms with van der Waals surface area (Å²) in [5.41, 5.74) is 9.08. The first kappa shape index (κ1) is 19.1. The van der Waals surface area contributed by atoms with Gasteiger partial charge in [0.25, 0.3) is 0 Å². The highest BCUT2D eigenvalue weighted by Gasteiger charge is 2.11. The summed E-state index contributed by atoms with van der Waals surface area (Å²) in [6.45, 7) is 0.195. The van der Waals surface area contributed by atoms with E-state index in [1.807, 2.05) is 0 Å². The molecule has 2 rings (SSSR count). The standard InChI is InChI=1S/C15H11Cl4N3OS/c16-10-2-1-8(12(18)4-10)7-23-14-9(6-21-22-15(20)24)3-11(17)5-13(14)19/h1-6H,7H2,(H3,20,22,24). The highest BCUT2D eigenvalue weighted by atomic mass is 35.5. The molecule has 0 aromatic heterocycles. The van der Waals surface area contributed by atoms with Gasteiger partial charge in [-0.1, -0.05) is 52.5 Å². The molecule has 0 fully saturated rings. The molecule has 3 N–H and O–H groups in total. The summed E-state index contributed by atoms with van der Waals surface area (Å²) in [7, 11) is 0. The van der Waals surface area contributed by atoms with Crippen LogP contribution in [0.25, 0.3) is 0 Å². The average molecular weight is 423 g/mol. The van der Waals surface area contributed by atoms with Gasteiger partial charge in [0.1, 0.15) is 12.4 Å². The van der Waals surface area contributed by atoms with E-state index in [2.05, 4.69) is 22.7 Å². The molecule has 0 aliphatic carbocycles. The van der Waals surface area contributed by atoms with Gasteiger partial charge in [-0.2, -0.15) is 5.10 Å². The quantitative estimate of drug-likeness (QED) is 0.402. The zero-order chi connectivity index (χ0) is 17.7. The van der Waals surface area contributed by atoms with Crippen molar-refractivity contribution < 1.29 is 4.74 Å². The van der Waals surface area contributed by atoms with E-state index in [9.17, 15) is 0 Å². The Bertz CT molecular complexity index is 799. The summed E-state index contributed by atoms with van der Waals surface area (Å²) in [4.78, 5) is 0. The van der Waals surface area contributed by atoms with Crippen molar-refractivity contribution in [3.63, 3.8) is 0 Å². The molecular weight excluding hydrogens is 412 g/mol. The Morgan fingerprint density at radius 3 is 2.50 bits per heavy atom. The summed E-state index contributed by atoms with van der Waals surface area (Å²) in [6.07, 6.45) is 1.45. The molecule has 0 spiro atoms. The lowest BCUT2D eigenvalue weighted by molar-refractivity contribution is 0.306. The minimum atomic E-state index is 0.0368. The van der Waals surface area contributed by atoms with E-state index in [4.69, 9.17) is 56.9 Å². The number of hydrogen-bond donors (Lipinski definition) is 2. The maximum atomic E-state index is 6.21. The zero-order valence-electron chi connectivity index (χ0n) is 12.0. The molecule has 126 valence electrons. The van der Waals surface area contributed by atoms with Crippen molar-refractivity contribution in [3.8, 4) is 5.75 Å². The van der Waals surface area contributed by atoms with Gasteiger partial charge in [-0.05, 0) is 36.5 Å². The Labute approximate surface area is 164 Å². The molecule has 0 unspecified atom stereocenters. The van der Waals surface area contributed by atoms with Crippen molar-refractivity contribution in [2.45, 2.75) is 6.61 Å². The fourth-order valence-corrected chi connectivity index (χ4v) is 2.86. The van der Waals surface area contributed by atoms with Gasteiger partial charge in [0, 0.05) is 26.2 Å². The number of halogens is 4. The molecule has 0 saturated carbocycles. The Morgan fingerprint density at radius 2 is 1.83 bits per heavy atom. The number of rotatable bonds is 5. The molecule has 24 heavy (non-hydrogen) atoms. The first-order valence-corrected chi connectivity index (χ1v) is 8.43. The second-order valence-electron chi connectivity index (χ2n) is 4.56. The molecule has 0 saturated heterocycles. The third-order valence-corrected chi connectivity index (χ3v) is 3.98. The van der Waals surface area contributed by atoms with E-state index >= 15 is 0 Å². The van der Waals surface area contributed by atoms with Crippen LogP contribution in [0.3, 0.4) is 0 Å². The second kappa shape index (κ2) is 8.74. The fraction of sp³-hybridized carbons (Fsp3) is 0.0667. The van der Waals surface area contributed by atoms with Gasteiger partial charge < -0.3 is 10.5 Å². The molecule has 0 heterocycles. The van der Waals surface area contributed by atoms with E-state index in [0.29, 0.717) is 31.4 Å². The smallest absolute Gasteiger partial charge is 0.184 e. The molecule has 0 bridgehead atoms. The number of thiocarbonyl (C=S) groups is 1. The third kappa shape index (κ3) is 5.40. The molecule has 0 aliphatic heterocycles. The maximum absolute atomic E-state index is 6.21. The van der Waals surface area contributed by atoms with Crippen LogP contribution in [0.15, 0.2) is 35.4 Å². The van der Waals surface area contributed by atoms with Crippen LogP contribution in [0, 0.1) is 0 Å². The average Bonchev–Trinajstić information content (AvgIpc) is 2.47. The monoisotopic (exact) mass is 421 g/mol. The third-order valence-electron chi connectivity index (χ3n) is 2.80. The molecular formula is C15H11Cl4N3OS. The Hall–Kier alpha value is -1.24. The highest BCUT2D eigenvalue weighted by molar-refractivity contribution is 7.80. The van der Waals surface area contributed by atoms with Crippen molar-refractivity contribution in [1.29, 1.82) is 0 Å². The maximum Gasteiger partial charge on any atom is 0.184 e. The first-order valence-electron chi connectivity index (χ1n) is 6.51. The number of nitrogens with zero attached hydrogens (tertiary/aromatic N) is 1. The van der Waals surface area contributed by atoms with Crippen LogP contribution in [-0.4, -0.2) is 11.3 Å². The predicted octanol–water partition coefficient (Wildman–Crippen LogP) is 5.05. The number of hydrogen-bond acceptors (Lipinski definition) is 3. The van der Waals surface area contributed by atoms with Crippen LogP contribution in [0.1, 0.15) is 11.1 Å². The summed E-state index contributed by atoms with van der Waals surface area (Å²) in [6, 6.07) is 8.36. The SMILES string of the molecule is NC(=S)NN=Cc1cc(Cl)cc(Cl)c1OCc1ccc(Cl)cc1Cl. The largest absolute Gasteiger partial charge is 0.487 e. The minimum absolute atomic E-state index is 0.0368. The lowest BCUT2D eigenvalue weighted by Crippen LogP contribution is -2.24. The van der Waals surface area contributed by atoms with Crippen molar-refractivity contribution >= 4 is 69.9 Å². The van der Waals surface area contributed by atoms with Gasteiger partial charge in [-0.25, -0.2) is 0 Å². The van der Waals surface area contributed by atoms with Gasteiger partial charge in [-0.15, -0.1) is 0 Å². The van der Waals surface area contributed by atoms with Crippen LogP contribution in [0.5, 0.6) is 5.75 Å². The number of nitrogens with two attached hydrogens (primary N) is 1. The van der Waals surface area contributed by atoms with E-state index in [-0.39, 0.29) is 11.7 Å². The van der Waals surface area contributed by atoms with E-state index in [0.717, 1.165) is 5.56 Å². The van der Waals surface area contributed by atoms with Crippen molar-refractivity contribution in [1.82, 2.24) is 5.43 Å². The molecule has 2 aromatic carbocycles. The second-order valence-corrected chi connectivity index (χ2v) is 6.69. The van der Waals surface area contributed by atoms with Gasteiger partial charge in [0.05, 0.1) is 11.2 Å². The van der Waals surface area contributed by atoms with E-state index in [1.54, 1.807) is 30.3 Å². The zero-order valence-corrected chi connectivity index (χ0v) is 15.9. The summed E-state index contributed by atoms with van der Waals surface area (Å²) in [5.74, 6) is 0.403. The van der Waals surface area contributed by atoms with Gasteiger partial charge in [0.15, 0.2) is 5.11 Å². The number of benzene rings is 2. The summed E-state index contributed by atoms with van der Waals surface area (Å²) >= 11 is 28.9. The molecule has 2 aromatic rings. The molecule has 9 heteroatoms. The van der Waals surface area contributed by atoms with Crippen LogP contribution in [0.4, 0.5) is 0 Å². The van der Waals surface area contributed by atoms with E-state index < -0.39 is 0 Å². The Balaban J connectivity index is 2.24. The van der Waals surface area contributed by atoms with Crippen LogP contribution >= 0.6 is 58.6 Å². The molecule has 4 nitrogen and oxygen atoms in total. The van der Waals surface area contributed by atoms with Crippen molar-refractivity contribution in [2.75, 3.05) is 0 Å². The van der Waals surface area contributed by atoms with Crippen LogP contribution in [-0.2, 0) is 6.61 Å². The van der Waals surface area contributed by atoms with Crippen LogP contribution in [0.2, 0.25) is 20.1 Å². The summed E-state index contributed by atoms with van der Waals surface area (Å²) < 4.78 is 5.79. The molecule has 0 amide bonds. The Morgan fingerprint density at radius 1 is 1.12 bits per heavy atom. The molecule has 0 radical (unpaired) electrons. The number of nitrogens with one attached hydrogen (secondary N) is 1. The van der Waals surface area contributed by atoms with Crippen molar-refractivity contribution in [2.24, 2.45) is 10.8 Å². The van der Waals surface area contributed by atoms with Gasteiger partial charge >= 0.3 is 0 Å². The van der Waals surface area contributed by atoms with Gasteiger partial charge in [0.2, 0.25) is 0 Å². The fourth-order valence-electron chi connectivity index (χ4n) is 1.78. The van der Waals surface area contributed by atoms with E-state index in [1.165, 1.54) is 6.21 Å². The Kier molecular flexibility index (Phi) is 6.95. The first-order chi connectivity index (χ1) is 11.4. The number of ether oxygens (including phenoxy) is 1. The molecule has 0 aliphatic rings. The predicted molar refractivity (Wildman–Crippen MR) is 105 cm³/mol. The van der Waals surface area contributed by atoms with Crippen LogP contribution < -0.4 is 15.9 Å². The minimum Gasteiger partial charge on any atom is -0.487 e. The highest BCUT2D eigenvalue weighted by Crippen LogP contribution is 2.33. The normalized spacial score (nSPS) is 10.8. The lowest BCUT2D eigenvalue weighted by Gasteiger charge is -2.12. The summed E-state index contributed by atoms with van der Waals surface area (Å²) in [5, 5.41) is 5.74.